The van der Waals surface area contributed by atoms with Gasteiger partial charge in [-0.3, -0.25) is 24.0 Å². The summed E-state index contributed by atoms with van der Waals surface area (Å²) in [5.41, 5.74) is 2.26. The number of rotatable bonds is 5. The molecule has 0 spiro atoms. The standard InChI is InChI=1S/C25H34N6O5/c1-27(14-16-7-10-30(15-16)25(35)36)17-8-11-29(12-9-17)18-3-4-19-21(13-18)28(2)24(34)31(19)20-5-6-22(32)26-23(20)33/h3-4,13,16-17,20H,5-12,14-15H2,1-2H3,(H,35,36)(H,26,32,33)/t16-,20?/m1/s1. The number of carbonyl (C=O) groups is 3. The molecule has 2 atom stereocenters. The maximum Gasteiger partial charge on any atom is 0.407 e. The van der Waals surface area contributed by atoms with Crippen LogP contribution in [-0.2, 0) is 16.6 Å². The topological polar surface area (TPSA) is 120 Å². The molecule has 1 aromatic carbocycles. The van der Waals surface area contributed by atoms with Crippen molar-refractivity contribution in [3.05, 3.63) is 28.7 Å². The Labute approximate surface area is 209 Å². The minimum Gasteiger partial charge on any atom is -0.465 e. The second-order valence-corrected chi connectivity index (χ2v) is 10.4. The quantitative estimate of drug-likeness (QED) is 0.595. The summed E-state index contributed by atoms with van der Waals surface area (Å²) >= 11 is 0. The molecule has 0 bridgehead atoms. The molecule has 36 heavy (non-hydrogen) atoms. The average molecular weight is 499 g/mol. The fourth-order valence-corrected chi connectivity index (χ4v) is 6.05. The van der Waals surface area contributed by atoms with E-state index in [-0.39, 0.29) is 18.0 Å². The van der Waals surface area contributed by atoms with Crippen molar-refractivity contribution in [2.75, 3.05) is 44.7 Å². The third kappa shape index (κ3) is 4.47. The molecule has 3 aliphatic heterocycles. The Morgan fingerprint density at radius 2 is 1.83 bits per heavy atom. The number of aryl methyl sites for hydroxylation is 1. The molecule has 11 nitrogen and oxygen atoms in total. The lowest BCUT2D eigenvalue weighted by atomic mass is 10.0. The van der Waals surface area contributed by atoms with Crippen LogP contribution in [-0.4, -0.2) is 87.8 Å². The zero-order valence-corrected chi connectivity index (χ0v) is 20.9. The van der Waals surface area contributed by atoms with E-state index in [9.17, 15) is 24.3 Å². The Balaban J connectivity index is 1.25. The molecule has 2 N–H and O–H groups in total. The molecule has 3 aliphatic rings. The Morgan fingerprint density at radius 1 is 1.08 bits per heavy atom. The average Bonchev–Trinajstić information content (AvgIpc) is 3.42. The molecular formula is C25H34N6O5. The summed E-state index contributed by atoms with van der Waals surface area (Å²) in [7, 11) is 3.86. The van der Waals surface area contributed by atoms with E-state index in [1.54, 1.807) is 11.6 Å². The van der Waals surface area contributed by atoms with E-state index >= 15 is 0 Å². The van der Waals surface area contributed by atoms with Crippen molar-refractivity contribution in [1.82, 2.24) is 24.3 Å². The summed E-state index contributed by atoms with van der Waals surface area (Å²) in [6.07, 6.45) is 2.67. The number of carbonyl (C=O) groups excluding carboxylic acids is 2. The number of imide groups is 1. The highest BCUT2D eigenvalue weighted by molar-refractivity contribution is 6.00. The number of anilines is 1. The normalized spacial score (nSPS) is 23.6. The van der Waals surface area contributed by atoms with E-state index in [2.05, 4.69) is 22.2 Å². The minimum absolute atomic E-state index is 0.221. The largest absolute Gasteiger partial charge is 0.465 e. The molecule has 0 saturated carbocycles. The molecule has 11 heteroatoms. The van der Waals surface area contributed by atoms with Crippen molar-refractivity contribution in [1.29, 1.82) is 0 Å². The Bertz CT molecular complexity index is 1240. The fourth-order valence-electron chi connectivity index (χ4n) is 6.05. The van der Waals surface area contributed by atoms with Crippen molar-refractivity contribution in [3.63, 3.8) is 0 Å². The molecule has 194 valence electrons. The van der Waals surface area contributed by atoms with Crippen LogP contribution in [0.25, 0.3) is 11.0 Å². The van der Waals surface area contributed by atoms with Crippen LogP contribution >= 0.6 is 0 Å². The second kappa shape index (κ2) is 9.61. The molecule has 0 radical (unpaired) electrons. The minimum atomic E-state index is -0.824. The second-order valence-electron chi connectivity index (χ2n) is 10.4. The molecule has 1 aromatic heterocycles. The highest BCUT2D eigenvalue weighted by Gasteiger charge is 2.32. The van der Waals surface area contributed by atoms with E-state index in [0.29, 0.717) is 37.0 Å². The van der Waals surface area contributed by atoms with Crippen molar-refractivity contribution >= 4 is 34.6 Å². The van der Waals surface area contributed by atoms with Gasteiger partial charge < -0.3 is 19.8 Å². The van der Waals surface area contributed by atoms with Crippen LogP contribution in [0.1, 0.15) is 38.1 Å². The van der Waals surface area contributed by atoms with Gasteiger partial charge in [-0.25, -0.2) is 9.59 Å². The first-order valence-electron chi connectivity index (χ1n) is 12.7. The number of hydrogen-bond donors (Lipinski definition) is 2. The molecule has 4 heterocycles. The highest BCUT2D eigenvalue weighted by atomic mass is 16.4. The van der Waals surface area contributed by atoms with Crippen LogP contribution in [0.5, 0.6) is 0 Å². The van der Waals surface area contributed by atoms with Gasteiger partial charge in [-0.05, 0) is 56.8 Å². The van der Waals surface area contributed by atoms with Crippen LogP contribution < -0.4 is 15.9 Å². The van der Waals surface area contributed by atoms with E-state index in [0.717, 1.165) is 50.1 Å². The molecule has 3 saturated heterocycles. The van der Waals surface area contributed by atoms with Crippen LogP contribution in [0.4, 0.5) is 10.5 Å². The van der Waals surface area contributed by atoms with Gasteiger partial charge in [0, 0.05) is 57.9 Å². The molecule has 5 rings (SSSR count). The van der Waals surface area contributed by atoms with Crippen LogP contribution in [0.15, 0.2) is 23.0 Å². The molecule has 1 unspecified atom stereocenters. The number of carboxylic acid groups (broad SMARTS) is 1. The first kappa shape index (κ1) is 24.4. The third-order valence-electron chi connectivity index (χ3n) is 8.15. The lowest BCUT2D eigenvalue weighted by Gasteiger charge is -2.38. The number of fused-ring (bicyclic) bond motifs is 1. The molecule has 2 aromatic rings. The number of benzene rings is 1. The number of likely N-dealkylation sites (tertiary alicyclic amines) is 1. The summed E-state index contributed by atoms with van der Waals surface area (Å²) < 4.78 is 3.08. The number of piperidine rings is 2. The van der Waals surface area contributed by atoms with E-state index in [1.807, 2.05) is 18.2 Å². The Kier molecular flexibility index (Phi) is 6.50. The van der Waals surface area contributed by atoms with Crippen molar-refractivity contribution in [2.45, 2.75) is 44.2 Å². The Hall–Kier alpha value is -3.34. The molecule has 3 amide bonds. The SMILES string of the molecule is CN(C[C@H]1CCN(C(=O)O)C1)C1CCN(c2ccc3c(c2)n(C)c(=O)n3C2CCC(=O)NC2=O)CC1. The van der Waals surface area contributed by atoms with Gasteiger partial charge in [-0.15, -0.1) is 0 Å². The summed E-state index contributed by atoms with van der Waals surface area (Å²) in [6, 6.07) is 5.71. The maximum absolute atomic E-state index is 13.0. The van der Waals surface area contributed by atoms with Gasteiger partial charge in [0.05, 0.1) is 11.0 Å². The van der Waals surface area contributed by atoms with Gasteiger partial charge in [-0.1, -0.05) is 0 Å². The number of nitrogens with one attached hydrogen (secondary N) is 1. The number of imidazole rings is 1. The van der Waals surface area contributed by atoms with Gasteiger partial charge in [0.2, 0.25) is 11.8 Å². The van der Waals surface area contributed by atoms with Crippen LogP contribution in [0.3, 0.4) is 0 Å². The van der Waals surface area contributed by atoms with Crippen molar-refractivity contribution in [2.24, 2.45) is 13.0 Å². The summed E-state index contributed by atoms with van der Waals surface area (Å²) in [5.74, 6) is -0.336. The van der Waals surface area contributed by atoms with Gasteiger partial charge in [0.1, 0.15) is 6.04 Å². The lowest BCUT2D eigenvalue weighted by molar-refractivity contribution is -0.135. The molecular weight excluding hydrogens is 464 g/mol. The third-order valence-corrected chi connectivity index (χ3v) is 8.15. The number of amides is 3. The maximum atomic E-state index is 13.0. The predicted octanol–water partition coefficient (Wildman–Crippen LogP) is 1.22. The van der Waals surface area contributed by atoms with Crippen LogP contribution in [0, 0.1) is 5.92 Å². The number of aromatic nitrogens is 2. The Morgan fingerprint density at radius 3 is 2.50 bits per heavy atom. The fraction of sp³-hybridized carbons (Fsp3) is 0.600. The summed E-state index contributed by atoms with van der Waals surface area (Å²) in [4.78, 5) is 54.4. The summed E-state index contributed by atoms with van der Waals surface area (Å²) in [6.45, 7) is 3.96. The number of nitrogens with zero attached hydrogens (tertiary/aromatic N) is 5. The van der Waals surface area contributed by atoms with Crippen LogP contribution in [0.2, 0.25) is 0 Å². The van der Waals surface area contributed by atoms with E-state index < -0.39 is 18.0 Å². The van der Waals surface area contributed by atoms with Gasteiger partial charge in [-0.2, -0.15) is 0 Å². The lowest BCUT2D eigenvalue weighted by Crippen LogP contribution is -2.45. The summed E-state index contributed by atoms with van der Waals surface area (Å²) in [5, 5.41) is 11.5. The number of hydrogen-bond acceptors (Lipinski definition) is 6. The monoisotopic (exact) mass is 498 g/mol. The smallest absolute Gasteiger partial charge is 0.407 e. The van der Waals surface area contributed by atoms with Gasteiger partial charge in [0.15, 0.2) is 0 Å². The first-order valence-corrected chi connectivity index (χ1v) is 12.7. The van der Waals surface area contributed by atoms with Crippen molar-refractivity contribution in [3.8, 4) is 0 Å². The van der Waals surface area contributed by atoms with Crippen molar-refractivity contribution < 1.29 is 19.5 Å². The van der Waals surface area contributed by atoms with E-state index in [1.165, 1.54) is 9.47 Å². The first-order chi connectivity index (χ1) is 17.2. The zero-order chi connectivity index (χ0) is 25.6. The molecule has 3 fully saturated rings. The van der Waals surface area contributed by atoms with Gasteiger partial charge >= 0.3 is 11.8 Å². The zero-order valence-electron chi connectivity index (χ0n) is 20.9. The van der Waals surface area contributed by atoms with Gasteiger partial charge in [0.25, 0.3) is 0 Å². The molecule has 0 aliphatic carbocycles. The highest BCUT2D eigenvalue weighted by Crippen LogP contribution is 2.29. The van der Waals surface area contributed by atoms with E-state index in [4.69, 9.17) is 0 Å². The predicted molar refractivity (Wildman–Crippen MR) is 134 cm³/mol.